The molecular weight excluding hydrogens is 494 g/mol. The van der Waals surface area contributed by atoms with E-state index in [1.54, 1.807) is 47.5 Å². The summed E-state index contributed by atoms with van der Waals surface area (Å²) < 4.78 is 0.862. The Hall–Kier alpha value is -2.51. The highest BCUT2D eigenvalue weighted by Gasteiger charge is 2.46. The number of hydrogen-bond acceptors (Lipinski definition) is 5. The van der Waals surface area contributed by atoms with Crippen LogP contribution in [-0.4, -0.2) is 57.8 Å². The molecule has 2 aromatic rings. The number of aliphatic hydroxyl groups is 1. The highest BCUT2D eigenvalue weighted by atomic mass is 79.9. The Morgan fingerprint density at radius 2 is 1.65 bits per heavy atom. The molecule has 1 atom stereocenters. The summed E-state index contributed by atoms with van der Waals surface area (Å²) in [6.45, 7) is 7.76. The third-order valence-corrected chi connectivity index (χ3v) is 6.68. The number of likely N-dealkylation sites (tertiary alicyclic amines) is 1. The Bertz CT molecular complexity index is 984. The van der Waals surface area contributed by atoms with Crippen molar-refractivity contribution in [1.29, 1.82) is 0 Å². The van der Waals surface area contributed by atoms with E-state index >= 15 is 0 Å². The molecule has 1 aliphatic rings. The summed E-state index contributed by atoms with van der Waals surface area (Å²) in [6, 6.07) is 11.8. The zero-order valence-corrected chi connectivity index (χ0v) is 21.6. The van der Waals surface area contributed by atoms with Gasteiger partial charge in [0.15, 0.2) is 0 Å². The Kier molecular flexibility index (Phi) is 9.84. The summed E-state index contributed by atoms with van der Waals surface area (Å²) in [5, 5.41) is 11.1. The van der Waals surface area contributed by atoms with Crippen molar-refractivity contribution in [3.63, 3.8) is 0 Å². The molecule has 1 aromatic carbocycles. The molecular formula is C27H34BrN3O3. The molecule has 0 spiro atoms. The minimum atomic E-state index is -0.704. The molecule has 1 aliphatic heterocycles. The Morgan fingerprint density at radius 1 is 1.00 bits per heavy atom. The van der Waals surface area contributed by atoms with Gasteiger partial charge in [0.05, 0.1) is 11.3 Å². The first-order chi connectivity index (χ1) is 16.5. The van der Waals surface area contributed by atoms with E-state index < -0.39 is 17.7 Å². The number of ketones is 1. The van der Waals surface area contributed by atoms with Crippen LogP contribution in [0.4, 0.5) is 0 Å². The number of benzene rings is 1. The fraction of sp³-hybridized carbons (Fsp3) is 0.444. The fourth-order valence-electron chi connectivity index (χ4n) is 4.28. The molecule has 1 fully saturated rings. The van der Waals surface area contributed by atoms with E-state index in [1.165, 1.54) is 0 Å². The summed E-state index contributed by atoms with van der Waals surface area (Å²) in [7, 11) is 0. The number of amides is 1. The van der Waals surface area contributed by atoms with Crippen molar-refractivity contribution in [1.82, 2.24) is 14.8 Å². The molecule has 7 heteroatoms. The molecule has 1 amide bonds. The lowest BCUT2D eigenvalue weighted by Gasteiger charge is -2.27. The number of rotatable bonds is 12. The predicted octanol–water partition coefficient (Wildman–Crippen LogP) is 5.56. The minimum absolute atomic E-state index is 0.0971. The van der Waals surface area contributed by atoms with E-state index in [2.05, 4.69) is 39.7 Å². The van der Waals surface area contributed by atoms with Crippen LogP contribution in [-0.2, 0) is 9.59 Å². The average molecular weight is 528 g/mol. The zero-order valence-electron chi connectivity index (χ0n) is 20.0. The SMILES string of the molecule is CCCCN(CCCC)CCCN1C(=O)C(=O)/C(=C(/O)c2ccc(Br)cc2)C1c1ccccn1. The van der Waals surface area contributed by atoms with Crippen molar-refractivity contribution in [2.24, 2.45) is 0 Å². The van der Waals surface area contributed by atoms with Crippen LogP contribution in [0.5, 0.6) is 0 Å². The van der Waals surface area contributed by atoms with Crippen LogP contribution < -0.4 is 0 Å². The van der Waals surface area contributed by atoms with Gasteiger partial charge >= 0.3 is 0 Å². The normalized spacial score (nSPS) is 17.6. The van der Waals surface area contributed by atoms with Gasteiger partial charge in [-0.1, -0.05) is 60.8 Å². The van der Waals surface area contributed by atoms with Crippen LogP contribution in [0.2, 0.25) is 0 Å². The predicted molar refractivity (Wildman–Crippen MR) is 138 cm³/mol. The highest BCUT2D eigenvalue weighted by Crippen LogP contribution is 2.38. The van der Waals surface area contributed by atoms with E-state index in [0.717, 1.165) is 56.2 Å². The molecule has 2 heterocycles. The molecule has 6 nitrogen and oxygen atoms in total. The van der Waals surface area contributed by atoms with Gasteiger partial charge in [-0.2, -0.15) is 0 Å². The fourth-order valence-corrected chi connectivity index (χ4v) is 4.55. The molecule has 1 saturated heterocycles. The molecule has 34 heavy (non-hydrogen) atoms. The van der Waals surface area contributed by atoms with Crippen LogP contribution in [0.25, 0.3) is 5.76 Å². The lowest BCUT2D eigenvalue weighted by atomic mass is 9.98. The third-order valence-electron chi connectivity index (χ3n) is 6.15. The second-order valence-electron chi connectivity index (χ2n) is 8.66. The number of halogens is 1. The second kappa shape index (κ2) is 12.8. The Balaban J connectivity index is 1.87. The Labute approximate surface area is 210 Å². The monoisotopic (exact) mass is 527 g/mol. The van der Waals surface area contributed by atoms with Crippen LogP contribution in [0.1, 0.15) is 63.3 Å². The van der Waals surface area contributed by atoms with Crippen molar-refractivity contribution in [2.45, 2.75) is 52.0 Å². The van der Waals surface area contributed by atoms with Gasteiger partial charge in [0, 0.05) is 22.8 Å². The smallest absolute Gasteiger partial charge is 0.295 e. The van der Waals surface area contributed by atoms with Crippen molar-refractivity contribution in [3.05, 3.63) is 70.0 Å². The molecule has 0 aliphatic carbocycles. The van der Waals surface area contributed by atoms with Crippen molar-refractivity contribution in [2.75, 3.05) is 26.2 Å². The molecule has 182 valence electrons. The van der Waals surface area contributed by atoms with Gasteiger partial charge in [-0.25, -0.2) is 0 Å². The quantitative estimate of drug-likeness (QED) is 0.222. The van der Waals surface area contributed by atoms with Gasteiger partial charge in [-0.3, -0.25) is 14.6 Å². The maximum absolute atomic E-state index is 13.1. The molecule has 1 N–H and O–H groups in total. The first kappa shape index (κ1) is 26.1. The van der Waals surface area contributed by atoms with Crippen LogP contribution >= 0.6 is 15.9 Å². The van der Waals surface area contributed by atoms with Crippen molar-refractivity contribution < 1.29 is 14.7 Å². The Morgan fingerprint density at radius 3 is 2.24 bits per heavy atom. The summed E-state index contributed by atoms with van der Waals surface area (Å²) >= 11 is 3.39. The number of hydrogen-bond donors (Lipinski definition) is 1. The topological polar surface area (TPSA) is 73.7 Å². The maximum Gasteiger partial charge on any atom is 0.295 e. The number of unbranched alkanes of at least 4 members (excludes halogenated alkanes) is 2. The third kappa shape index (κ3) is 6.33. The van der Waals surface area contributed by atoms with E-state index in [-0.39, 0.29) is 11.3 Å². The summed E-state index contributed by atoms with van der Waals surface area (Å²) in [4.78, 5) is 34.7. The van der Waals surface area contributed by atoms with Crippen LogP contribution in [0, 0.1) is 0 Å². The lowest BCUT2D eigenvalue weighted by Crippen LogP contribution is -2.34. The summed E-state index contributed by atoms with van der Waals surface area (Å²) in [5.41, 5.74) is 1.17. The average Bonchev–Trinajstić information content (AvgIpc) is 3.11. The van der Waals surface area contributed by atoms with E-state index in [1.807, 2.05) is 6.07 Å². The first-order valence-electron chi connectivity index (χ1n) is 12.2. The maximum atomic E-state index is 13.1. The summed E-state index contributed by atoms with van der Waals surface area (Å²) in [6.07, 6.45) is 6.99. The molecule has 0 saturated carbocycles. The van der Waals surface area contributed by atoms with Gasteiger partial charge in [-0.15, -0.1) is 0 Å². The largest absolute Gasteiger partial charge is 0.507 e. The number of aromatic nitrogens is 1. The zero-order chi connectivity index (χ0) is 24.5. The highest BCUT2D eigenvalue weighted by molar-refractivity contribution is 9.10. The number of pyridine rings is 1. The molecule has 1 aromatic heterocycles. The number of aliphatic hydroxyl groups excluding tert-OH is 1. The summed E-state index contributed by atoms with van der Waals surface area (Å²) in [5.74, 6) is -1.41. The van der Waals surface area contributed by atoms with Crippen LogP contribution in [0.3, 0.4) is 0 Å². The van der Waals surface area contributed by atoms with Gasteiger partial charge in [0.2, 0.25) is 0 Å². The van der Waals surface area contributed by atoms with Crippen molar-refractivity contribution in [3.8, 4) is 0 Å². The number of nitrogens with zero attached hydrogens (tertiary/aromatic N) is 3. The molecule has 3 rings (SSSR count). The second-order valence-corrected chi connectivity index (χ2v) is 9.57. The first-order valence-corrected chi connectivity index (χ1v) is 12.9. The van der Waals surface area contributed by atoms with Gasteiger partial charge in [0.1, 0.15) is 11.8 Å². The van der Waals surface area contributed by atoms with E-state index in [0.29, 0.717) is 17.8 Å². The van der Waals surface area contributed by atoms with E-state index in [4.69, 9.17) is 0 Å². The van der Waals surface area contributed by atoms with Gasteiger partial charge in [-0.05, 0) is 63.2 Å². The van der Waals surface area contributed by atoms with E-state index in [9.17, 15) is 14.7 Å². The van der Waals surface area contributed by atoms with Gasteiger partial charge < -0.3 is 14.9 Å². The molecule has 0 radical (unpaired) electrons. The lowest BCUT2D eigenvalue weighted by molar-refractivity contribution is -0.140. The van der Waals surface area contributed by atoms with Crippen LogP contribution in [0.15, 0.2) is 58.7 Å². The number of Topliss-reactive ketones (excluding diaryl/α,β-unsaturated/α-hetero) is 1. The number of carbonyl (C=O) groups is 2. The molecule has 1 unspecified atom stereocenters. The number of carbonyl (C=O) groups excluding carboxylic acids is 2. The standard InChI is InChI=1S/C27H34BrN3O3/c1-3-5-16-30(17-6-4-2)18-9-19-31-24(22-10-7-8-15-29-22)23(26(33)27(31)34)25(32)20-11-13-21(28)14-12-20/h7-8,10-15,24,32H,3-6,9,16-19H2,1-2H3/b25-23+. The van der Waals surface area contributed by atoms with Crippen molar-refractivity contribution >= 4 is 33.4 Å². The molecule has 0 bridgehead atoms. The minimum Gasteiger partial charge on any atom is -0.507 e. The van der Waals surface area contributed by atoms with Gasteiger partial charge in [0.25, 0.3) is 11.7 Å².